The molecule has 1 aliphatic rings. The van der Waals surface area contributed by atoms with Gasteiger partial charge in [0.05, 0.1) is 4.90 Å². The molecule has 0 unspecified atom stereocenters. The number of hydrogen-bond acceptors (Lipinski definition) is 4. The lowest BCUT2D eigenvalue weighted by Gasteiger charge is -2.19. The van der Waals surface area contributed by atoms with Crippen LogP contribution in [0, 0.1) is 5.92 Å². The second-order valence-electron chi connectivity index (χ2n) is 5.68. The summed E-state index contributed by atoms with van der Waals surface area (Å²) in [6.07, 6.45) is 2.33. The fourth-order valence-electron chi connectivity index (χ4n) is 2.03. The second kappa shape index (κ2) is 6.56. The van der Waals surface area contributed by atoms with Crippen LogP contribution in [0.1, 0.15) is 38.5 Å². The molecular weight excluding hydrogens is 292 g/mol. The number of sulfonamides is 1. The van der Waals surface area contributed by atoms with E-state index in [-0.39, 0.29) is 0 Å². The Kier molecular flexibility index (Phi) is 5.23. The van der Waals surface area contributed by atoms with Gasteiger partial charge in [-0.3, -0.25) is 0 Å². The van der Waals surface area contributed by atoms with Crippen LogP contribution in [0.25, 0.3) is 0 Å². The van der Waals surface area contributed by atoms with E-state index in [2.05, 4.69) is 19.2 Å². The maximum absolute atomic E-state index is 12.6. The van der Waals surface area contributed by atoms with Crippen molar-refractivity contribution in [3.05, 3.63) is 16.3 Å². The van der Waals surface area contributed by atoms with Crippen molar-refractivity contribution in [1.29, 1.82) is 0 Å². The lowest BCUT2D eigenvalue weighted by molar-refractivity contribution is 0.412. The summed E-state index contributed by atoms with van der Waals surface area (Å²) in [4.78, 5) is 1.52. The summed E-state index contributed by atoms with van der Waals surface area (Å²) in [5.74, 6) is 0.574. The van der Waals surface area contributed by atoms with Crippen LogP contribution in [-0.4, -0.2) is 31.9 Å². The van der Waals surface area contributed by atoms with E-state index in [0.29, 0.717) is 29.9 Å². The topological polar surface area (TPSA) is 49.4 Å². The van der Waals surface area contributed by atoms with E-state index in [1.807, 2.05) is 13.0 Å². The predicted octanol–water partition coefficient (Wildman–Crippen LogP) is 2.67. The summed E-state index contributed by atoms with van der Waals surface area (Å²) in [7, 11) is -3.31. The van der Waals surface area contributed by atoms with Gasteiger partial charge in [0.1, 0.15) is 0 Å². The molecule has 0 aliphatic heterocycles. The third-order valence-electron chi connectivity index (χ3n) is 3.46. The molecule has 0 spiro atoms. The molecule has 0 saturated heterocycles. The number of nitrogens with zero attached hydrogens (tertiary/aromatic N) is 1. The van der Waals surface area contributed by atoms with Crippen LogP contribution in [0.4, 0.5) is 0 Å². The normalized spacial score (nSPS) is 16.2. The summed E-state index contributed by atoms with van der Waals surface area (Å²) in [6.45, 7) is 8.03. The van der Waals surface area contributed by atoms with Gasteiger partial charge in [-0.05, 0) is 24.8 Å². The van der Waals surface area contributed by atoms with Crippen molar-refractivity contribution in [1.82, 2.24) is 9.62 Å². The van der Waals surface area contributed by atoms with E-state index in [1.165, 1.54) is 24.2 Å². The van der Waals surface area contributed by atoms with Gasteiger partial charge < -0.3 is 5.32 Å². The molecule has 20 heavy (non-hydrogen) atoms. The molecule has 0 amide bonds. The second-order valence-corrected chi connectivity index (χ2v) is 8.62. The molecule has 1 N–H and O–H groups in total. The third-order valence-corrected chi connectivity index (χ3v) is 6.47. The zero-order valence-electron chi connectivity index (χ0n) is 12.4. The molecule has 0 bridgehead atoms. The molecule has 114 valence electrons. The van der Waals surface area contributed by atoms with Crippen LogP contribution in [0.3, 0.4) is 0 Å². The molecule has 1 aromatic heterocycles. The first kappa shape index (κ1) is 15.9. The average molecular weight is 316 g/mol. The Morgan fingerprint density at radius 2 is 2.15 bits per heavy atom. The minimum atomic E-state index is -3.31. The van der Waals surface area contributed by atoms with Gasteiger partial charge in [-0.15, -0.1) is 11.3 Å². The summed E-state index contributed by atoms with van der Waals surface area (Å²) in [6, 6.07) is 2.21. The summed E-state index contributed by atoms with van der Waals surface area (Å²) >= 11 is 1.51. The first-order valence-electron chi connectivity index (χ1n) is 7.24. The lowest BCUT2D eigenvalue weighted by atomic mass is 10.4. The molecular formula is C14H24N2O2S2. The SMILES string of the molecule is CCN(CC1CC1)S(=O)(=O)c1csc(CNC(C)C)c1. The zero-order chi connectivity index (χ0) is 14.8. The average Bonchev–Trinajstić information content (AvgIpc) is 3.07. The van der Waals surface area contributed by atoms with E-state index >= 15 is 0 Å². The Morgan fingerprint density at radius 3 is 2.70 bits per heavy atom. The van der Waals surface area contributed by atoms with Crippen molar-refractivity contribution in [3.8, 4) is 0 Å². The first-order chi connectivity index (χ1) is 9.43. The molecule has 6 heteroatoms. The quantitative estimate of drug-likeness (QED) is 0.802. The summed E-state index contributed by atoms with van der Waals surface area (Å²) in [5, 5.41) is 5.08. The lowest BCUT2D eigenvalue weighted by Crippen LogP contribution is -2.32. The minimum absolute atomic E-state index is 0.402. The Bertz CT molecular complexity index is 533. The van der Waals surface area contributed by atoms with E-state index < -0.39 is 10.0 Å². The van der Waals surface area contributed by atoms with Crippen molar-refractivity contribution in [2.75, 3.05) is 13.1 Å². The predicted molar refractivity (Wildman–Crippen MR) is 83.5 cm³/mol. The number of nitrogens with one attached hydrogen (secondary N) is 1. The largest absolute Gasteiger partial charge is 0.310 e. The standard InChI is InChI=1S/C14H24N2O2S2/c1-4-16(9-12-5-6-12)20(17,18)14-7-13(19-10-14)8-15-11(2)3/h7,10-12,15H,4-6,8-9H2,1-3H3. The van der Waals surface area contributed by atoms with Crippen LogP contribution < -0.4 is 5.32 Å². The number of thiophene rings is 1. The Hall–Kier alpha value is -0.430. The monoisotopic (exact) mass is 316 g/mol. The zero-order valence-corrected chi connectivity index (χ0v) is 14.1. The summed E-state index contributed by atoms with van der Waals surface area (Å²) < 4.78 is 26.8. The Labute approximate surface area is 126 Å². The van der Waals surface area contributed by atoms with Gasteiger partial charge in [-0.2, -0.15) is 4.31 Å². The minimum Gasteiger partial charge on any atom is -0.310 e. The van der Waals surface area contributed by atoms with Crippen LogP contribution in [0.15, 0.2) is 16.3 Å². The maximum atomic E-state index is 12.6. The van der Waals surface area contributed by atoms with E-state index in [0.717, 1.165) is 11.4 Å². The van der Waals surface area contributed by atoms with E-state index in [9.17, 15) is 8.42 Å². The highest BCUT2D eigenvalue weighted by Gasteiger charge is 2.31. The fourth-order valence-corrected chi connectivity index (χ4v) is 4.77. The van der Waals surface area contributed by atoms with E-state index in [1.54, 1.807) is 9.69 Å². The van der Waals surface area contributed by atoms with Crippen molar-refractivity contribution < 1.29 is 8.42 Å². The van der Waals surface area contributed by atoms with Gasteiger partial charge in [0.25, 0.3) is 0 Å². The van der Waals surface area contributed by atoms with Crippen LogP contribution in [0.2, 0.25) is 0 Å². The van der Waals surface area contributed by atoms with Crippen LogP contribution in [-0.2, 0) is 16.6 Å². The molecule has 1 fully saturated rings. The van der Waals surface area contributed by atoms with Crippen molar-refractivity contribution in [2.24, 2.45) is 5.92 Å². The van der Waals surface area contributed by atoms with E-state index in [4.69, 9.17) is 0 Å². The number of rotatable bonds is 8. The molecule has 0 atom stereocenters. The Morgan fingerprint density at radius 1 is 1.45 bits per heavy atom. The van der Waals surface area contributed by atoms with Crippen molar-refractivity contribution >= 4 is 21.4 Å². The number of hydrogen-bond donors (Lipinski definition) is 1. The van der Waals surface area contributed by atoms with Crippen LogP contribution >= 0.6 is 11.3 Å². The van der Waals surface area contributed by atoms with Gasteiger partial charge in [0.2, 0.25) is 10.0 Å². The molecule has 1 saturated carbocycles. The van der Waals surface area contributed by atoms with Crippen LogP contribution in [0.5, 0.6) is 0 Å². The van der Waals surface area contributed by atoms with Gasteiger partial charge in [0, 0.05) is 35.9 Å². The van der Waals surface area contributed by atoms with Gasteiger partial charge in [0.15, 0.2) is 0 Å². The third kappa shape index (κ3) is 4.04. The van der Waals surface area contributed by atoms with Gasteiger partial charge >= 0.3 is 0 Å². The molecule has 4 nitrogen and oxygen atoms in total. The molecule has 1 heterocycles. The molecule has 1 aliphatic carbocycles. The highest BCUT2D eigenvalue weighted by Crippen LogP contribution is 2.32. The maximum Gasteiger partial charge on any atom is 0.243 e. The Balaban J connectivity index is 2.07. The molecule has 1 aromatic rings. The first-order valence-corrected chi connectivity index (χ1v) is 9.56. The smallest absolute Gasteiger partial charge is 0.243 e. The molecule has 2 rings (SSSR count). The van der Waals surface area contributed by atoms with Crippen molar-refractivity contribution in [3.63, 3.8) is 0 Å². The fraction of sp³-hybridized carbons (Fsp3) is 0.714. The van der Waals surface area contributed by atoms with Crippen molar-refractivity contribution in [2.45, 2.75) is 51.1 Å². The van der Waals surface area contributed by atoms with Gasteiger partial charge in [-0.1, -0.05) is 20.8 Å². The summed E-state index contributed by atoms with van der Waals surface area (Å²) in [5.41, 5.74) is 0. The molecule has 0 radical (unpaired) electrons. The highest BCUT2D eigenvalue weighted by molar-refractivity contribution is 7.89. The highest BCUT2D eigenvalue weighted by atomic mass is 32.2. The molecule has 0 aromatic carbocycles. The van der Waals surface area contributed by atoms with Gasteiger partial charge in [-0.25, -0.2) is 8.42 Å².